The Labute approximate surface area is 102 Å². The van der Waals surface area contributed by atoms with Crippen molar-refractivity contribution >= 4 is 11.6 Å². The van der Waals surface area contributed by atoms with Crippen LogP contribution < -0.4 is 4.90 Å². The third-order valence-corrected chi connectivity index (χ3v) is 3.27. The summed E-state index contributed by atoms with van der Waals surface area (Å²) in [6.45, 7) is 6.72. The van der Waals surface area contributed by atoms with Crippen LogP contribution in [0.25, 0.3) is 0 Å². The van der Waals surface area contributed by atoms with Crippen molar-refractivity contribution in [3.63, 3.8) is 0 Å². The van der Waals surface area contributed by atoms with Crippen molar-refractivity contribution < 1.29 is 4.79 Å². The number of carbonyl (C=O) groups excluding carboxylic acids is 1. The SMILES string of the molecule is CC(=O)c1cccnc1N1CCN(C)CC1C. The molecule has 4 nitrogen and oxygen atoms in total. The standard InChI is InChI=1S/C13H19N3O/c1-10-9-15(3)7-8-16(10)13-12(11(2)17)5-4-6-14-13/h4-6,10H,7-9H2,1-3H3. The first-order valence-electron chi connectivity index (χ1n) is 6.00. The minimum absolute atomic E-state index is 0.0826. The van der Waals surface area contributed by atoms with Gasteiger partial charge >= 0.3 is 0 Å². The monoisotopic (exact) mass is 233 g/mol. The number of carbonyl (C=O) groups is 1. The maximum Gasteiger partial charge on any atom is 0.163 e. The maximum atomic E-state index is 11.6. The molecule has 1 aliphatic rings. The van der Waals surface area contributed by atoms with Crippen molar-refractivity contribution in [3.05, 3.63) is 23.9 Å². The summed E-state index contributed by atoms with van der Waals surface area (Å²) in [5.41, 5.74) is 0.726. The third-order valence-electron chi connectivity index (χ3n) is 3.27. The predicted molar refractivity (Wildman–Crippen MR) is 68.5 cm³/mol. The quantitative estimate of drug-likeness (QED) is 0.724. The van der Waals surface area contributed by atoms with Crippen LogP contribution >= 0.6 is 0 Å². The van der Waals surface area contributed by atoms with Crippen LogP contribution in [0.3, 0.4) is 0 Å². The Morgan fingerprint density at radius 1 is 1.47 bits per heavy atom. The Balaban J connectivity index is 2.30. The van der Waals surface area contributed by atoms with Gasteiger partial charge in [-0.25, -0.2) is 4.98 Å². The van der Waals surface area contributed by atoms with Gasteiger partial charge in [0, 0.05) is 31.9 Å². The van der Waals surface area contributed by atoms with Crippen LogP contribution in [0.4, 0.5) is 5.82 Å². The topological polar surface area (TPSA) is 36.4 Å². The van der Waals surface area contributed by atoms with Gasteiger partial charge in [0.15, 0.2) is 5.78 Å². The fourth-order valence-electron chi connectivity index (χ4n) is 2.36. The van der Waals surface area contributed by atoms with Crippen LogP contribution in [0.2, 0.25) is 0 Å². The van der Waals surface area contributed by atoms with Crippen molar-refractivity contribution in [2.24, 2.45) is 0 Å². The summed E-state index contributed by atoms with van der Waals surface area (Å²) in [7, 11) is 2.12. The number of aromatic nitrogens is 1. The second kappa shape index (κ2) is 4.84. The summed E-state index contributed by atoms with van der Waals surface area (Å²) in [5.74, 6) is 0.917. The molecule has 0 radical (unpaired) electrons. The lowest BCUT2D eigenvalue weighted by molar-refractivity contribution is 0.101. The van der Waals surface area contributed by atoms with Crippen molar-refractivity contribution in [1.29, 1.82) is 0 Å². The van der Waals surface area contributed by atoms with Crippen LogP contribution in [0, 0.1) is 0 Å². The lowest BCUT2D eigenvalue weighted by Crippen LogP contribution is -2.51. The molecule has 17 heavy (non-hydrogen) atoms. The Hall–Kier alpha value is -1.42. The highest BCUT2D eigenvalue weighted by Crippen LogP contribution is 2.22. The van der Waals surface area contributed by atoms with Crippen molar-refractivity contribution in [2.75, 3.05) is 31.6 Å². The Morgan fingerprint density at radius 2 is 2.24 bits per heavy atom. The van der Waals surface area contributed by atoms with Gasteiger partial charge in [-0.05, 0) is 33.0 Å². The molecule has 0 amide bonds. The van der Waals surface area contributed by atoms with E-state index in [1.165, 1.54) is 0 Å². The Bertz CT molecular complexity index is 419. The van der Waals surface area contributed by atoms with Gasteiger partial charge in [-0.1, -0.05) is 0 Å². The molecule has 92 valence electrons. The molecular formula is C13H19N3O. The molecule has 1 fully saturated rings. The van der Waals surface area contributed by atoms with E-state index in [1.54, 1.807) is 13.1 Å². The van der Waals surface area contributed by atoms with Crippen LogP contribution in [-0.4, -0.2) is 48.4 Å². The average Bonchev–Trinajstić information content (AvgIpc) is 2.29. The summed E-state index contributed by atoms with van der Waals surface area (Å²) in [5, 5.41) is 0. The molecule has 0 aliphatic carbocycles. The van der Waals surface area contributed by atoms with Gasteiger partial charge in [0.25, 0.3) is 0 Å². The second-order valence-corrected chi connectivity index (χ2v) is 4.74. The molecule has 0 saturated carbocycles. The highest BCUT2D eigenvalue weighted by molar-refractivity contribution is 5.98. The van der Waals surface area contributed by atoms with E-state index in [1.807, 2.05) is 12.1 Å². The smallest absolute Gasteiger partial charge is 0.163 e. The maximum absolute atomic E-state index is 11.6. The molecule has 2 rings (SSSR count). The van der Waals surface area contributed by atoms with Crippen molar-refractivity contribution in [2.45, 2.75) is 19.9 Å². The molecule has 2 heterocycles. The largest absolute Gasteiger partial charge is 0.351 e. The molecule has 0 bridgehead atoms. The number of rotatable bonds is 2. The molecule has 1 atom stereocenters. The molecule has 1 aromatic rings. The molecular weight excluding hydrogens is 214 g/mol. The minimum atomic E-state index is 0.0826. The molecule has 0 spiro atoms. The van der Waals surface area contributed by atoms with Crippen LogP contribution in [0.15, 0.2) is 18.3 Å². The summed E-state index contributed by atoms with van der Waals surface area (Å²) in [6.07, 6.45) is 1.76. The van der Waals surface area contributed by atoms with Crippen LogP contribution in [-0.2, 0) is 0 Å². The predicted octanol–water partition coefficient (Wildman–Crippen LogP) is 1.42. The zero-order valence-corrected chi connectivity index (χ0v) is 10.7. The number of Topliss-reactive ketones (excluding diaryl/α,β-unsaturated/α-hetero) is 1. The molecule has 1 unspecified atom stereocenters. The van der Waals surface area contributed by atoms with E-state index in [-0.39, 0.29) is 5.78 Å². The van der Waals surface area contributed by atoms with Gasteiger partial charge in [-0.2, -0.15) is 0 Å². The van der Waals surface area contributed by atoms with Crippen LogP contribution in [0.1, 0.15) is 24.2 Å². The van der Waals surface area contributed by atoms with E-state index in [4.69, 9.17) is 0 Å². The number of piperazine rings is 1. The lowest BCUT2D eigenvalue weighted by Gasteiger charge is -2.39. The fraction of sp³-hybridized carbons (Fsp3) is 0.538. The van der Waals surface area contributed by atoms with Gasteiger partial charge < -0.3 is 9.80 Å². The molecule has 1 saturated heterocycles. The fourth-order valence-corrected chi connectivity index (χ4v) is 2.36. The number of nitrogens with zero attached hydrogens (tertiary/aromatic N) is 3. The number of pyridine rings is 1. The highest BCUT2D eigenvalue weighted by atomic mass is 16.1. The number of hydrogen-bond acceptors (Lipinski definition) is 4. The summed E-state index contributed by atoms with van der Waals surface area (Å²) < 4.78 is 0. The first-order valence-corrected chi connectivity index (χ1v) is 6.00. The lowest BCUT2D eigenvalue weighted by atomic mass is 10.1. The number of likely N-dealkylation sites (N-methyl/N-ethyl adjacent to an activating group) is 1. The van der Waals surface area contributed by atoms with E-state index in [0.717, 1.165) is 31.0 Å². The highest BCUT2D eigenvalue weighted by Gasteiger charge is 2.25. The molecule has 1 aliphatic heterocycles. The molecule has 0 N–H and O–H groups in total. The van der Waals surface area contributed by atoms with Crippen molar-refractivity contribution in [1.82, 2.24) is 9.88 Å². The summed E-state index contributed by atoms with van der Waals surface area (Å²) >= 11 is 0. The summed E-state index contributed by atoms with van der Waals surface area (Å²) in [4.78, 5) is 20.5. The Morgan fingerprint density at radius 3 is 2.88 bits per heavy atom. The average molecular weight is 233 g/mol. The van der Waals surface area contributed by atoms with E-state index in [2.05, 4.69) is 28.8 Å². The number of hydrogen-bond donors (Lipinski definition) is 0. The van der Waals surface area contributed by atoms with E-state index in [9.17, 15) is 4.79 Å². The molecule has 1 aromatic heterocycles. The normalized spacial score (nSPS) is 21.6. The van der Waals surface area contributed by atoms with Gasteiger partial charge in [-0.3, -0.25) is 4.79 Å². The van der Waals surface area contributed by atoms with Gasteiger partial charge in [0.05, 0.1) is 5.56 Å². The number of ketones is 1. The summed E-state index contributed by atoms with van der Waals surface area (Å²) in [6, 6.07) is 4.07. The van der Waals surface area contributed by atoms with Gasteiger partial charge in [0.2, 0.25) is 0 Å². The minimum Gasteiger partial charge on any atom is -0.351 e. The second-order valence-electron chi connectivity index (χ2n) is 4.74. The van der Waals surface area contributed by atoms with E-state index >= 15 is 0 Å². The molecule has 4 heteroatoms. The third kappa shape index (κ3) is 2.47. The van der Waals surface area contributed by atoms with Crippen LogP contribution in [0.5, 0.6) is 0 Å². The molecule has 0 aromatic carbocycles. The first kappa shape index (κ1) is 12.0. The van der Waals surface area contributed by atoms with Gasteiger partial charge in [-0.15, -0.1) is 0 Å². The Kier molecular flexibility index (Phi) is 3.43. The zero-order valence-electron chi connectivity index (χ0n) is 10.7. The van der Waals surface area contributed by atoms with E-state index < -0.39 is 0 Å². The zero-order chi connectivity index (χ0) is 12.4. The number of anilines is 1. The van der Waals surface area contributed by atoms with Crippen molar-refractivity contribution in [3.8, 4) is 0 Å². The van der Waals surface area contributed by atoms with E-state index in [0.29, 0.717) is 6.04 Å². The first-order chi connectivity index (χ1) is 8.09. The van der Waals surface area contributed by atoms with Gasteiger partial charge in [0.1, 0.15) is 5.82 Å².